The Hall–Kier alpha value is -3.21. The van der Waals surface area contributed by atoms with E-state index in [1.165, 1.54) is 11.8 Å². The molecule has 3 aromatic rings. The van der Waals surface area contributed by atoms with Crippen molar-refractivity contribution in [3.05, 3.63) is 53.4 Å². The number of methoxy groups -OCH3 is 1. The van der Waals surface area contributed by atoms with Crippen molar-refractivity contribution in [3.8, 4) is 22.9 Å². The fourth-order valence-electron chi connectivity index (χ4n) is 3.24. The number of aliphatic imine (C=N–C) groups is 2. The molecule has 1 aromatic heterocycles. The lowest BCUT2D eigenvalue weighted by atomic mass is 10.0. The molecule has 1 aliphatic rings. The molecular weight excluding hydrogens is 432 g/mol. The highest BCUT2D eigenvalue weighted by Crippen LogP contribution is 2.36. The van der Waals surface area contributed by atoms with Crippen LogP contribution in [0.3, 0.4) is 0 Å². The number of aryl methyl sites for hydroxylation is 1. The van der Waals surface area contributed by atoms with Crippen LogP contribution in [0.4, 0.5) is 5.69 Å². The van der Waals surface area contributed by atoms with Crippen LogP contribution < -0.4 is 9.47 Å². The second kappa shape index (κ2) is 9.94. The van der Waals surface area contributed by atoms with Crippen molar-refractivity contribution in [2.24, 2.45) is 9.98 Å². The maximum atomic E-state index is 9.44. The number of aliphatic hydroxyl groups excluding tert-OH is 1. The SMILES string of the molecule is COc1cc(C(=Nc2ccc(-c3noc(C)n3)cc2)/C(=N/CO)SC)cc2c1OCOC2. The van der Waals surface area contributed by atoms with E-state index in [2.05, 4.69) is 15.1 Å². The highest BCUT2D eigenvalue weighted by atomic mass is 32.2. The Morgan fingerprint density at radius 3 is 2.72 bits per heavy atom. The number of ether oxygens (including phenoxy) is 3. The molecule has 32 heavy (non-hydrogen) atoms. The van der Waals surface area contributed by atoms with Crippen LogP contribution in [-0.2, 0) is 11.3 Å². The van der Waals surface area contributed by atoms with E-state index < -0.39 is 0 Å². The summed E-state index contributed by atoms with van der Waals surface area (Å²) < 4.78 is 21.6. The van der Waals surface area contributed by atoms with Crippen molar-refractivity contribution in [2.75, 3.05) is 26.9 Å². The molecule has 0 atom stereocenters. The summed E-state index contributed by atoms with van der Waals surface area (Å²) in [6.07, 6.45) is 1.88. The third kappa shape index (κ3) is 4.67. The predicted octanol–water partition coefficient (Wildman–Crippen LogP) is 3.75. The Balaban J connectivity index is 1.78. The average molecular weight is 455 g/mol. The van der Waals surface area contributed by atoms with Crippen LogP contribution in [0.15, 0.2) is 50.9 Å². The van der Waals surface area contributed by atoms with Gasteiger partial charge in [-0.05, 0) is 42.7 Å². The fraction of sp³-hybridized carbons (Fsp3) is 0.273. The molecule has 2 heterocycles. The molecule has 0 radical (unpaired) electrons. The van der Waals surface area contributed by atoms with Gasteiger partial charge in [0.1, 0.15) is 17.5 Å². The van der Waals surface area contributed by atoms with Crippen LogP contribution in [0.1, 0.15) is 17.0 Å². The number of hydrogen-bond acceptors (Lipinski definition) is 10. The second-order valence-electron chi connectivity index (χ2n) is 6.73. The number of rotatable bonds is 6. The van der Waals surface area contributed by atoms with Crippen LogP contribution in [0, 0.1) is 6.92 Å². The van der Waals surface area contributed by atoms with Crippen LogP contribution in [0.2, 0.25) is 0 Å². The fourth-order valence-corrected chi connectivity index (χ4v) is 3.78. The molecule has 0 spiro atoms. The van der Waals surface area contributed by atoms with Gasteiger partial charge < -0.3 is 23.8 Å². The van der Waals surface area contributed by atoms with Crippen LogP contribution in [0.25, 0.3) is 11.4 Å². The minimum absolute atomic E-state index is 0.179. The summed E-state index contributed by atoms with van der Waals surface area (Å²) in [6, 6.07) is 11.3. The quantitative estimate of drug-likeness (QED) is 0.443. The molecule has 0 bridgehead atoms. The molecule has 1 N–H and O–H groups in total. The van der Waals surface area contributed by atoms with Crippen LogP contribution >= 0.6 is 11.8 Å². The van der Waals surface area contributed by atoms with Gasteiger partial charge in [0.2, 0.25) is 11.7 Å². The Morgan fingerprint density at radius 2 is 2.06 bits per heavy atom. The third-order valence-corrected chi connectivity index (χ3v) is 5.38. The molecule has 0 amide bonds. The molecule has 1 aliphatic heterocycles. The van der Waals surface area contributed by atoms with E-state index in [1.807, 2.05) is 42.7 Å². The summed E-state index contributed by atoms with van der Waals surface area (Å²) in [4.78, 5) is 13.3. The lowest BCUT2D eigenvalue weighted by Crippen LogP contribution is -2.17. The zero-order valence-electron chi connectivity index (χ0n) is 17.9. The predicted molar refractivity (Wildman–Crippen MR) is 122 cm³/mol. The van der Waals surface area contributed by atoms with E-state index in [0.717, 1.165) is 16.7 Å². The maximum absolute atomic E-state index is 9.44. The molecule has 0 unspecified atom stereocenters. The number of nitrogens with zero attached hydrogens (tertiary/aromatic N) is 4. The van der Waals surface area contributed by atoms with Crippen molar-refractivity contribution in [1.29, 1.82) is 0 Å². The first-order valence-corrected chi connectivity index (χ1v) is 11.0. The third-order valence-electron chi connectivity index (χ3n) is 4.67. The van der Waals surface area contributed by atoms with E-state index in [1.54, 1.807) is 14.0 Å². The smallest absolute Gasteiger partial charge is 0.223 e. The highest BCUT2D eigenvalue weighted by Gasteiger charge is 2.21. The second-order valence-corrected chi connectivity index (χ2v) is 7.53. The number of thioether (sulfide) groups is 1. The van der Waals surface area contributed by atoms with Crippen molar-refractivity contribution in [1.82, 2.24) is 10.1 Å². The first-order chi connectivity index (χ1) is 15.6. The number of hydrogen-bond donors (Lipinski definition) is 1. The van der Waals surface area contributed by atoms with Gasteiger partial charge in [0.15, 0.2) is 18.3 Å². The summed E-state index contributed by atoms with van der Waals surface area (Å²) in [5, 5.41) is 14.0. The molecule has 10 heteroatoms. The van der Waals surface area contributed by atoms with Gasteiger partial charge in [-0.15, -0.1) is 11.8 Å². The summed E-state index contributed by atoms with van der Waals surface area (Å²) in [5.41, 5.74) is 3.75. The highest BCUT2D eigenvalue weighted by molar-refractivity contribution is 8.15. The molecule has 0 aliphatic carbocycles. The van der Waals surface area contributed by atoms with Gasteiger partial charge in [-0.25, -0.2) is 9.98 Å². The van der Waals surface area contributed by atoms with Gasteiger partial charge in [0, 0.05) is 23.6 Å². The first-order valence-electron chi connectivity index (χ1n) is 9.74. The Bertz CT molecular complexity index is 1140. The standard InChI is InChI=1S/C22H22N4O5S/c1-13-24-21(26-31-13)14-4-6-17(7-5-14)25-19(22(32-3)23-11-27)15-8-16-10-29-12-30-20(16)18(9-15)28-2/h4-9,27H,10-12H2,1-3H3/b23-22-,25-19?. The summed E-state index contributed by atoms with van der Waals surface area (Å²) >= 11 is 1.39. The van der Waals surface area contributed by atoms with Crippen molar-refractivity contribution < 1.29 is 23.8 Å². The number of aromatic nitrogens is 2. The van der Waals surface area contributed by atoms with Crippen LogP contribution in [-0.4, -0.2) is 52.9 Å². The Labute approximate surface area is 189 Å². The maximum Gasteiger partial charge on any atom is 0.223 e. The van der Waals surface area contributed by atoms with E-state index in [4.69, 9.17) is 23.7 Å². The molecule has 166 valence electrons. The minimum Gasteiger partial charge on any atom is -0.493 e. The molecule has 0 saturated heterocycles. The summed E-state index contributed by atoms with van der Waals surface area (Å²) in [6.45, 7) is 1.98. The zero-order chi connectivity index (χ0) is 22.5. The van der Waals surface area contributed by atoms with Gasteiger partial charge in [-0.2, -0.15) is 4.98 Å². The monoisotopic (exact) mass is 454 g/mol. The molecular formula is C22H22N4O5S. The lowest BCUT2D eigenvalue weighted by Gasteiger charge is -2.21. The number of fused-ring (bicyclic) bond motifs is 1. The topological polar surface area (TPSA) is 112 Å². The van der Waals surface area contributed by atoms with Gasteiger partial charge in [0.05, 0.1) is 19.4 Å². The summed E-state index contributed by atoms with van der Waals surface area (Å²) in [5.74, 6) is 2.26. The Kier molecular flexibility index (Phi) is 6.84. The van der Waals surface area contributed by atoms with Crippen molar-refractivity contribution >= 4 is 28.2 Å². The van der Waals surface area contributed by atoms with Crippen molar-refractivity contribution in [3.63, 3.8) is 0 Å². The molecule has 0 fully saturated rings. The van der Waals surface area contributed by atoms with E-state index >= 15 is 0 Å². The molecule has 4 rings (SSSR count). The molecule has 0 saturated carbocycles. The van der Waals surface area contributed by atoms with Gasteiger partial charge in [-0.1, -0.05) is 5.16 Å². The summed E-state index contributed by atoms with van der Waals surface area (Å²) in [7, 11) is 1.59. The first kappa shape index (κ1) is 22.0. The van der Waals surface area contributed by atoms with Gasteiger partial charge >= 0.3 is 0 Å². The van der Waals surface area contributed by atoms with Gasteiger partial charge in [-0.3, -0.25) is 0 Å². The lowest BCUT2D eigenvalue weighted by molar-refractivity contribution is -0.0180. The number of aliphatic hydroxyl groups is 1. The van der Waals surface area contributed by atoms with Gasteiger partial charge in [0.25, 0.3) is 0 Å². The van der Waals surface area contributed by atoms with Crippen molar-refractivity contribution in [2.45, 2.75) is 13.5 Å². The van der Waals surface area contributed by atoms with E-state index in [9.17, 15) is 5.11 Å². The average Bonchev–Trinajstić information content (AvgIpc) is 3.27. The van der Waals surface area contributed by atoms with E-state index in [-0.39, 0.29) is 13.5 Å². The molecule has 2 aromatic carbocycles. The minimum atomic E-state index is -0.348. The zero-order valence-corrected chi connectivity index (χ0v) is 18.7. The largest absolute Gasteiger partial charge is 0.493 e. The van der Waals surface area contributed by atoms with E-state index in [0.29, 0.717) is 46.3 Å². The number of benzene rings is 2. The Morgan fingerprint density at radius 1 is 1.25 bits per heavy atom. The molecule has 9 nitrogen and oxygen atoms in total. The normalized spacial score (nSPS) is 14.1. The van der Waals surface area contributed by atoms with Crippen LogP contribution in [0.5, 0.6) is 11.5 Å².